The van der Waals surface area contributed by atoms with Crippen LogP contribution in [0.5, 0.6) is 0 Å². The van der Waals surface area contributed by atoms with Crippen LogP contribution < -0.4 is 4.72 Å². The van der Waals surface area contributed by atoms with Crippen molar-refractivity contribution in [2.75, 3.05) is 19.4 Å². The highest BCUT2D eigenvalue weighted by atomic mass is 32.2. The van der Waals surface area contributed by atoms with Crippen molar-refractivity contribution in [3.8, 4) is 0 Å². The number of ether oxygens (including phenoxy) is 1. The summed E-state index contributed by atoms with van der Waals surface area (Å²) in [6.45, 7) is 0.276. The molecule has 6 heteroatoms. The zero-order valence-electron chi connectivity index (χ0n) is 5.49. The Morgan fingerprint density at radius 1 is 1.70 bits per heavy atom. The topological polar surface area (TPSA) is 67.8 Å². The van der Waals surface area contributed by atoms with E-state index in [2.05, 4.69) is 14.5 Å². The van der Waals surface area contributed by atoms with Gasteiger partial charge in [0.15, 0.2) is 0 Å². The lowest BCUT2D eigenvalue weighted by Gasteiger charge is -2.12. The van der Waals surface area contributed by atoms with Crippen molar-refractivity contribution in [3.05, 3.63) is 0 Å². The van der Waals surface area contributed by atoms with Gasteiger partial charge >= 0.3 is 0 Å². The minimum absolute atomic E-state index is 0.0415. The van der Waals surface area contributed by atoms with Gasteiger partial charge in [-0.3, -0.25) is 0 Å². The highest BCUT2D eigenvalue weighted by Crippen LogP contribution is 1.93. The summed E-state index contributed by atoms with van der Waals surface area (Å²) in [4.78, 5) is 3.75. The van der Waals surface area contributed by atoms with Crippen LogP contribution in [0.4, 0.5) is 0 Å². The number of amidine groups is 1. The monoisotopic (exact) mass is 164 g/mol. The van der Waals surface area contributed by atoms with Crippen LogP contribution in [0.15, 0.2) is 4.99 Å². The maximum absolute atomic E-state index is 10.7. The van der Waals surface area contributed by atoms with E-state index in [1.165, 1.54) is 7.11 Å². The van der Waals surface area contributed by atoms with E-state index < -0.39 is 10.0 Å². The smallest absolute Gasteiger partial charge is 0.298 e. The van der Waals surface area contributed by atoms with E-state index in [0.717, 1.165) is 0 Å². The van der Waals surface area contributed by atoms with Crippen LogP contribution >= 0.6 is 0 Å². The molecule has 1 N–H and O–H groups in total. The van der Waals surface area contributed by atoms with E-state index in [1.54, 1.807) is 0 Å². The van der Waals surface area contributed by atoms with Crippen molar-refractivity contribution in [1.29, 1.82) is 0 Å². The molecule has 1 heterocycles. The normalized spacial score (nSPS) is 22.7. The lowest BCUT2D eigenvalue weighted by Crippen LogP contribution is -2.38. The number of rotatable bonds is 0. The molecule has 0 spiro atoms. The van der Waals surface area contributed by atoms with Gasteiger partial charge in [-0.1, -0.05) is 0 Å². The SMILES string of the molecule is COC1=NCCS(=O)(=O)N1. The maximum Gasteiger partial charge on any atom is 0.298 e. The molecule has 0 fully saturated rings. The molecule has 0 amide bonds. The number of nitrogens with zero attached hydrogens (tertiary/aromatic N) is 1. The first-order chi connectivity index (χ1) is 4.64. The molecule has 0 atom stereocenters. The second-order valence-corrected chi connectivity index (χ2v) is 3.65. The van der Waals surface area contributed by atoms with Crippen molar-refractivity contribution < 1.29 is 13.2 Å². The predicted molar refractivity (Wildman–Crippen MR) is 36.2 cm³/mol. The lowest BCUT2D eigenvalue weighted by atomic mass is 10.8. The fraction of sp³-hybridized carbons (Fsp3) is 0.750. The van der Waals surface area contributed by atoms with Crippen LogP contribution in [0.3, 0.4) is 0 Å². The first kappa shape index (κ1) is 7.33. The molecule has 0 aliphatic carbocycles. The van der Waals surface area contributed by atoms with Gasteiger partial charge in [0.05, 0.1) is 19.4 Å². The van der Waals surface area contributed by atoms with Crippen LogP contribution in [-0.4, -0.2) is 33.8 Å². The highest BCUT2D eigenvalue weighted by molar-refractivity contribution is 7.90. The molecule has 0 saturated carbocycles. The Hall–Kier alpha value is -0.780. The molecular formula is C4H8N2O3S. The minimum atomic E-state index is -3.15. The third-order valence-corrected chi connectivity index (χ3v) is 2.26. The average Bonchev–Trinajstić information content (AvgIpc) is 1.86. The van der Waals surface area contributed by atoms with Crippen molar-refractivity contribution in [1.82, 2.24) is 4.72 Å². The molecule has 0 bridgehead atoms. The van der Waals surface area contributed by atoms with E-state index in [9.17, 15) is 8.42 Å². The molecule has 58 valence electrons. The lowest BCUT2D eigenvalue weighted by molar-refractivity contribution is 0.386. The van der Waals surface area contributed by atoms with Crippen molar-refractivity contribution >= 4 is 16.0 Å². The summed E-state index contributed by atoms with van der Waals surface area (Å²) in [5.41, 5.74) is 0. The Morgan fingerprint density at radius 3 is 2.80 bits per heavy atom. The molecule has 0 saturated heterocycles. The molecule has 10 heavy (non-hydrogen) atoms. The number of methoxy groups -OCH3 is 1. The van der Waals surface area contributed by atoms with E-state index in [0.29, 0.717) is 0 Å². The molecule has 0 aromatic rings. The molecule has 1 aliphatic rings. The second-order valence-electron chi connectivity index (χ2n) is 1.81. The third-order valence-electron chi connectivity index (χ3n) is 1.05. The summed E-state index contributed by atoms with van der Waals surface area (Å²) in [6, 6.07) is 0.0752. The van der Waals surface area contributed by atoms with Crippen LogP contribution in [-0.2, 0) is 14.8 Å². The van der Waals surface area contributed by atoms with E-state index in [-0.39, 0.29) is 18.3 Å². The fourth-order valence-electron chi connectivity index (χ4n) is 0.590. The molecule has 1 rings (SSSR count). The summed E-state index contributed by atoms with van der Waals surface area (Å²) < 4.78 is 28.2. The quantitative estimate of drug-likeness (QED) is 0.495. The van der Waals surface area contributed by atoms with Crippen LogP contribution in [0, 0.1) is 0 Å². The maximum atomic E-state index is 10.7. The first-order valence-corrected chi connectivity index (χ1v) is 4.38. The molecule has 0 unspecified atom stereocenters. The van der Waals surface area contributed by atoms with Gasteiger partial charge in [0.2, 0.25) is 10.0 Å². The molecule has 0 radical (unpaired) electrons. The number of sulfonamides is 1. The number of nitrogens with one attached hydrogen (secondary N) is 1. The van der Waals surface area contributed by atoms with E-state index in [4.69, 9.17) is 0 Å². The molecule has 5 nitrogen and oxygen atoms in total. The van der Waals surface area contributed by atoms with E-state index >= 15 is 0 Å². The molecule has 0 aromatic heterocycles. The van der Waals surface area contributed by atoms with Crippen LogP contribution in [0.25, 0.3) is 0 Å². The average molecular weight is 164 g/mol. The summed E-state index contributed by atoms with van der Waals surface area (Å²) in [5, 5.41) is 0. The highest BCUT2D eigenvalue weighted by Gasteiger charge is 2.17. The van der Waals surface area contributed by atoms with Crippen LogP contribution in [0.2, 0.25) is 0 Å². The Morgan fingerprint density at radius 2 is 2.40 bits per heavy atom. The van der Waals surface area contributed by atoms with Crippen LogP contribution in [0.1, 0.15) is 0 Å². The van der Waals surface area contributed by atoms with Gasteiger partial charge < -0.3 is 4.74 Å². The summed E-state index contributed by atoms with van der Waals surface area (Å²) in [5.74, 6) is 0.0415. The number of hydrogen-bond acceptors (Lipinski definition) is 4. The Bertz CT molecular complexity index is 243. The summed E-state index contributed by atoms with van der Waals surface area (Å²) in [7, 11) is -1.78. The minimum Gasteiger partial charge on any atom is -0.468 e. The van der Waals surface area contributed by atoms with Gasteiger partial charge in [-0.2, -0.15) is 0 Å². The van der Waals surface area contributed by atoms with Gasteiger partial charge in [-0.15, -0.1) is 0 Å². The van der Waals surface area contributed by atoms with Gasteiger partial charge in [-0.05, 0) is 0 Å². The Kier molecular flexibility index (Phi) is 1.80. The second kappa shape index (κ2) is 2.45. The molecule has 0 aromatic carbocycles. The van der Waals surface area contributed by atoms with Gasteiger partial charge in [0.1, 0.15) is 0 Å². The summed E-state index contributed by atoms with van der Waals surface area (Å²) >= 11 is 0. The summed E-state index contributed by atoms with van der Waals surface area (Å²) in [6.07, 6.45) is 0. The van der Waals surface area contributed by atoms with Gasteiger partial charge in [0, 0.05) is 0 Å². The van der Waals surface area contributed by atoms with Crippen molar-refractivity contribution in [2.24, 2.45) is 4.99 Å². The number of aliphatic imine (C=N–C) groups is 1. The largest absolute Gasteiger partial charge is 0.468 e. The zero-order chi connectivity index (χ0) is 7.61. The fourth-order valence-corrected chi connectivity index (χ4v) is 1.44. The predicted octanol–water partition coefficient (Wildman–Crippen LogP) is -1.08. The van der Waals surface area contributed by atoms with Gasteiger partial charge in [0.25, 0.3) is 6.02 Å². The number of hydrogen-bond donors (Lipinski definition) is 1. The van der Waals surface area contributed by atoms with E-state index in [1.807, 2.05) is 0 Å². The van der Waals surface area contributed by atoms with Crippen molar-refractivity contribution in [3.63, 3.8) is 0 Å². The molecule has 1 aliphatic heterocycles. The first-order valence-electron chi connectivity index (χ1n) is 2.73. The van der Waals surface area contributed by atoms with Gasteiger partial charge in [-0.25, -0.2) is 18.1 Å². The zero-order valence-corrected chi connectivity index (χ0v) is 6.31. The Balaban J connectivity index is 2.76. The third kappa shape index (κ3) is 1.60. The molecular weight excluding hydrogens is 156 g/mol. The Labute approximate surface area is 59.1 Å². The van der Waals surface area contributed by atoms with Crippen molar-refractivity contribution in [2.45, 2.75) is 0 Å². The standard InChI is InChI=1S/C4H8N2O3S/c1-9-4-5-2-3-10(7,8)6-4/h2-3H2,1H3,(H,5,6).